The van der Waals surface area contributed by atoms with E-state index < -0.39 is 29.5 Å². The molecule has 1 fully saturated rings. The fourth-order valence-corrected chi connectivity index (χ4v) is 4.36. The van der Waals surface area contributed by atoms with E-state index in [0.29, 0.717) is 36.5 Å². The molecule has 1 saturated heterocycles. The second-order valence-corrected chi connectivity index (χ2v) is 8.23. The van der Waals surface area contributed by atoms with Crippen molar-refractivity contribution in [1.29, 1.82) is 0 Å². The van der Waals surface area contributed by atoms with E-state index in [1.807, 2.05) is 18.2 Å². The monoisotopic (exact) mass is 465 g/mol. The van der Waals surface area contributed by atoms with Crippen LogP contribution in [0.5, 0.6) is 0 Å². The summed E-state index contributed by atoms with van der Waals surface area (Å²) >= 11 is 1.26. The van der Waals surface area contributed by atoms with Crippen molar-refractivity contribution in [2.45, 2.75) is 25.1 Å². The second kappa shape index (κ2) is 9.03. The minimum Gasteiger partial charge on any atom is -0.446 e. The fraction of sp³-hybridized carbons (Fsp3) is 0.286. The number of carbonyl (C=O) groups excluding carboxylic acids is 2. The number of para-hydroxylation sites is 1. The quantitative estimate of drug-likeness (QED) is 0.517. The predicted molar refractivity (Wildman–Crippen MR) is 114 cm³/mol. The summed E-state index contributed by atoms with van der Waals surface area (Å²) in [7, 11) is 0. The zero-order valence-electron chi connectivity index (χ0n) is 16.6. The summed E-state index contributed by atoms with van der Waals surface area (Å²) in [6.07, 6.45) is -3.13. The van der Waals surface area contributed by atoms with Gasteiger partial charge in [-0.2, -0.15) is 13.2 Å². The summed E-state index contributed by atoms with van der Waals surface area (Å²) in [5.74, 6) is -1.13. The molecule has 2 aromatic rings. The molecule has 168 valence electrons. The molecule has 2 aliphatic rings. The number of thiophene rings is 1. The summed E-state index contributed by atoms with van der Waals surface area (Å²) in [6.45, 7) is 1.24. The van der Waals surface area contributed by atoms with E-state index in [4.69, 9.17) is 4.74 Å². The Bertz CT molecular complexity index is 1060. The molecule has 0 spiro atoms. The number of hydrogen-bond acceptors (Lipinski definition) is 7. The smallest absolute Gasteiger partial charge is 0.437 e. The number of carbonyl (C=O) groups is 2. The number of nitrogens with zero attached hydrogens (tertiary/aromatic N) is 2. The molecule has 3 heterocycles. The van der Waals surface area contributed by atoms with Gasteiger partial charge >= 0.3 is 18.2 Å². The molecule has 1 aromatic heterocycles. The molecular formula is C21H18F3N3O4S. The van der Waals surface area contributed by atoms with Gasteiger partial charge in [-0.25, -0.2) is 9.59 Å². The number of alkyl halides is 3. The Hall–Kier alpha value is -3.34. The third-order valence-corrected chi connectivity index (χ3v) is 6.00. The van der Waals surface area contributed by atoms with Gasteiger partial charge in [-0.15, -0.1) is 11.3 Å². The first kappa shape index (κ1) is 21.9. The maximum Gasteiger partial charge on any atom is 0.437 e. The molecule has 4 rings (SSSR count). The van der Waals surface area contributed by atoms with Crippen LogP contribution in [0.2, 0.25) is 0 Å². The Balaban J connectivity index is 1.33. The number of anilines is 2. The lowest BCUT2D eigenvalue weighted by Crippen LogP contribution is -2.38. The number of benzene rings is 1. The van der Waals surface area contributed by atoms with Gasteiger partial charge < -0.3 is 14.5 Å². The van der Waals surface area contributed by atoms with Crippen molar-refractivity contribution < 1.29 is 32.3 Å². The zero-order chi connectivity index (χ0) is 22.7. The molecule has 0 bridgehead atoms. The van der Waals surface area contributed by atoms with Crippen molar-refractivity contribution in [3.8, 4) is 0 Å². The third-order valence-electron chi connectivity index (χ3n) is 4.91. The molecule has 2 aliphatic heterocycles. The summed E-state index contributed by atoms with van der Waals surface area (Å²) in [5.41, 5.74) is -1.29. The highest BCUT2D eigenvalue weighted by atomic mass is 32.1. The molecule has 0 unspecified atom stereocenters. The van der Waals surface area contributed by atoms with Crippen LogP contribution in [0.3, 0.4) is 0 Å². The van der Waals surface area contributed by atoms with Gasteiger partial charge in [0.05, 0.1) is 10.6 Å². The Kier molecular flexibility index (Phi) is 6.17. The maximum atomic E-state index is 13.0. The molecular weight excluding hydrogens is 447 g/mol. The van der Waals surface area contributed by atoms with Crippen LogP contribution in [-0.2, 0) is 14.4 Å². The second-order valence-electron chi connectivity index (χ2n) is 7.13. The van der Waals surface area contributed by atoms with Crippen molar-refractivity contribution >= 4 is 45.9 Å². The van der Waals surface area contributed by atoms with Gasteiger partial charge in [-0.1, -0.05) is 23.4 Å². The van der Waals surface area contributed by atoms with Gasteiger partial charge in [0.2, 0.25) is 0 Å². The molecule has 0 radical (unpaired) electrons. The standard InChI is InChI=1S/C21H18F3N3O4S/c22-21(23,24)18-16(19(28)31-26-18)12-15-6-7-17(32-15)27-10-8-14(9-11-27)30-20(29)25-13-4-2-1-3-5-13/h1-7,12,14H,8-11H2,(H,25,29). The van der Waals surface area contributed by atoms with Gasteiger partial charge in [0, 0.05) is 36.5 Å². The Morgan fingerprint density at radius 3 is 2.59 bits per heavy atom. The first-order chi connectivity index (χ1) is 15.3. The van der Waals surface area contributed by atoms with E-state index in [1.54, 1.807) is 24.3 Å². The van der Waals surface area contributed by atoms with Gasteiger partial charge in [-0.05, 0) is 30.3 Å². The van der Waals surface area contributed by atoms with Crippen LogP contribution in [0.4, 0.5) is 28.7 Å². The third kappa shape index (κ3) is 5.10. The van der Waals surface area contributed by atoms with E-state index in [2.05, 4.69) is 20.2 Å². The fourth-order valence-electron chi connectivity index (χ4n) is 3.36. The summed E-state index contributed by atoms with van der Waals surface area (Å²) in [6, 6.07) is 12.4. The molecule has 7 nitrogen and oxygen atoms in total. The number of nitrogens with one attached hydrogen (secondary N) is 1. The molecule has 1 N–H and O–H groups in total. The van der Waals surface area contributed by atoms with Crippen molar-refractivity contribution in [1.82, 2.24) is 0 Å². The first-order valence-electron chi connectivity index (χ1n) is 9.75. The summed E-state index contributed by atoms with van der Waals surface area (Å²) < 4.78 is 44.4. The summed E-state index contributed by atoms with van der Waals surface area (Å²) in [5, 5.41) is 6.37. The topological polar surface area (TPSA) is 80.2 Å². The number of amides is 1. The van der Waals surface area contributed by atoms with Crippen LogP contribution in [0.1, 0.15) is 17.7 Å². The van der Waals surface area contributed by atoms with E-state index >= 15 is 0 Å². The van der Waals surface area contributed by atoms with E-state index in [0.717, 1.165) is 11.1 Å². The lowest BCUT2D eigenvalue weighted by atomic mass is 10.1. The molecule has 0 aliphatic carbocycles. The Morgan fingerprint density at radius 1 is 1.19 bits per heavy atom. The zero-order valence-corrected chi connectivity index (χ0v) is 17.4. The normalized spacial score (nSPS) is 18.5. The number of piperidine rings is 1. The van der Waals surface area contributed by atoms with E-state index in [1.165, 1.54) is 11.3 Å². The average molecular weight is 465 g/mol. The minimum absolute atomic E-state index is 0.227. The molecule has 1 amide bonds. The number of oxime groups is 1. The Morgan fingerprint density at radius 2 is 1.91 bits per heavy atom. The molecule has 0 atom stereocenters. The molecule has 32 heavy (non-hydrogen) atoms. The van der Waals surface area contributed by atoms with Crippen molar-refractivity contribution in [3.63, 3.8) is 0 Å². The van der Waals surface area contributed by atoms with Crippen molar-refractivity contribution in [2.24, 2.45) is 5.16 Å². The van der Waals surface area contributed by atoms with Crippen molar-refractivity contribution in [3.05, 3.63) is 52.9 Å². The average Bonchev–Trinajstić information content (AvgIpc) is 3.36. The van der Waals surface area contributed by atoms with Crippen LogP contribution in [0, 0.1) is 0 Å². The van der Waals surface area contributed by atoms with E-state index in [-0.39, 0.29) is 6.10 Å². The van der Waals surface area contributed by atoms with Gasteiger partial charge in [0.25, 0.3) is 0 Å². The number of halogens is 3. The van der Waals surface area contributed by atoms with Gasteiger partial charge in [0.1, 0.15) is 6.10 Å². The van der Waals surface area contributed by atoms with Gasteiger partial charge in [-0.3, -0.25) is 5.32 Å². The largest absolute Gasteiger partial charge is 0.446 e. The minimum atomic E-state index is -4.77. The van der Waals surface area contributed by atoms with Crippen LogP contribution in [-0.4, -0.2) is 43.1 Å². The molecule has 0 saturated carbocycles. The number of rotatable bonds is 4. The summed E-state index contributed by atoms with van der Waals surface area (Å²) in [4.78, 5) is 30.4. The first-order valence-corrected chi connectivity index (χ1v) is 10.6. The van der Waals surface area contributed by atoms with Gasteiger partial charge in [0.15, 0.2) is 5.71 Å². The van der Waals surface area contributed by atoms with Crippen LogP contribution in [0.15, 0.2) is 53.2 Å². The highest BCUT2D eigenvalue weighted by Crippen LogP contribution is 2.33. The van der Waals surface area contributed by atoms with Crippen LogP contribution in [0.25, 0.3) is 6.08 Å². The number of hydrogen-bond donors (Lipinski definition) is 1. The SMILES string of the molecule is O=C(Nc1ccccc1)OC1CCN(c2ccc(C=C3C(=O)ON=C3C(F)(F)F)s2)CC1. The van der Waals surface area contributed by atoms with Crippen molar-refractivity contribution in [2.75, 3.05) is 23.3 Å². The predicted octanol–water partition coefficient (Wildman–Crippen LogP) is 4.82. The highest BCUT2D eigenvalue weighted by molar-refractivity contribution is 7.17. The highest BCUT2D eigenvalue weighted by Gasteiger charge is 2.45. The Labute approximate surface area is 185 Å². The van der Waals surface area contributed by atoms with E-state index in [9.17, 15) is 22.8 Å². The molecule has 11 heteroatoms. The lowest BCUT2D eigenvalue weighted by molar-refractivity contribution is -0.136. The maximum absolute atomic E-state index is 13.0. The van der Waals surface area contributed by atoms with Crippen LogP contribution >= 0.6 is 11.3 Å². The number of ether oxygens (including phenoxy) is 1. The van der Waals surface area contributed by atoms with Crippen LogP contribution < -0.4 is 10.2 Å². The molecule has 1 aromatic carbocycles. The lowest BCUT2D eigenvalue weighted by Gasteiger charge is -2.32.